The van der Waals surface area contributed by atoms with E-state index in [2.05, 4.69) is 17.0 Å². The quantitative estimate of drug-likeness (QED) is 0.735. The molecule has 1 heterocycles. The van der Waals surface area contributed by atoms with Gasteiger partial charge in [0.05, 0.1) is 5.69 Å². The van der Waals surface area contributed by atoms with Crippen LogP contribution in [0.3, 0.4) is 0 Å². The number of nitrogens with zero attached hydrogens (tertiary/aromatic N) is 2. The second kappa shape index (κ2) is 5.34. The molecule has 0 aliphatic rings. The van der Waals surface area contributed by atoms with Crippen LogP contribution in [0.2, 0.25) is 0 Å². The maximum atomic E-state index is 11.8. The summed E-state index contributed by atoms with van der Waals surface area (Å²) in [5, 5.41) is 6.90. The van der Waals surface area contributed by atoms with Gasteiger partial charge >= 0.3 is 0 Å². The summed E-state index contributed by atoms with van der Waals surface area (Å²) in [7, 11) is 0. The highest BCUT2D eigenvalue weighted by atomic mass is 16.2. The van der Waals surface area contributed by atoms with E-state index in [1.165, 1.54) is 0 Å². The molecule has 1 unspecified atom stereocenters. The van der Waals surface area contributed by atoms with E-state index in [4.69, 9.17) is 5.73 Å². The summed E-state index contributed by atoms with van der Waals surface area (Å²) < 4.78 is 1.64. The Kier molecular flexibility index (Phi) is 4.10. The molecule has 0 spiro atoms. The lowest BCUT2D eigenvalue weighted by Crippen LogP contribution is -2.32. The smallest absolute Gasteiger partial charge is 0.274 e. The molecule has 16 heavy (non-hydrogen) atoms. The average Bonchev–Trinajstić information content (AvgIpc) is 2.60. The lowest BCUT2D eigenvalue weighted by molar-refractivity contribution is 0.0935. The van der Waals surface area contributed by atoms with Gasteiger partial charge in [-0.3, -0.25) is 9.48 Å². The maximum absolute atomic E-state index is 11.8. The Bertz CT molecular complexity index is 383. The fourth-order valence-electron chi connectivity index (χ4n) is 1.38. The summed E-state index contributed by atoms with van der Waals surface area (Å²) in [5.41, 5.74) is 6.40. The summed E-state index contributed by atoms with van der Waals surface area (Å²) in [6.45, 7) is 8.16. The van der Waals surface area contributed by atoms with Crippen LogP contribution in [0.5, 0.6) is 0 Å². The molecule has 5 heteroatoms. The van der Waals surface area contributed by atoms with Crippen LogP contribution in [0.1, 0.15) is 30.8 Å². The van der Waals surface area contributed by atoms with Crippen molar-refractivity contribution in [3.63, 3.8) is 0 Å². The van der Waals surface area contributed by atoms with Crippen molar-refractivity contribution >= 4 is 11.6 Å². The third-order valence-corrected chi connectivity index (χ3v) is 2.23. The number of aryl methyl sites for hydroxylation is 1. The summed E-state index contributed by atoms with van der Waals surface area (Å²) in [6.07, 6.45) is 4.15. The van der Waals surface area contributed by atoms with E-state index < -0.39 is 0 Å². The molecule has 0 bridgehead atoms. The highest BCUT2D eigenvalue weighted by Gasteiger charge is 2.15. The van der Waals surface area contributed by atoms with Gasteiger partial charge in [0, 0.05) is 18.8 Å². The average molecular weight is 222 g/mol. The Morgan fingerprint density at radius 1 is 1.81 bits per heavy atom. The number of nitrogen functional groups attached to an aromatic ring is 1. The van der Waals surface area contributed by atoms with Crippen LogP contribution in [0.15, 0.2) is 18.9 Å². The van der Waals surface area contributed by atoms with Crippen LogP contribution >= 0.6 is 0 Å². The molecule has 1 aromatic heterocycles. The van der Waals surface area contributed by atoms with Gasteiger partial charge in [-0.15, -0.1) is 6.58 Å². The van der Waals surface area contributed by atoms with Crippen LogP contribution in [0.4, 0.5) is 5.69 Å². The molecule has 0 aliphatic heterocycles. The first-order valence-corrected chi connectivity index (χ1v) is 5.33. The largest absolute Gasteiger partial charge is 0.396 e. The van der Waals surface area contributed by atoms with Crippen molar-refractivity contribution in [1.29, 1.82) is 0 Å². The molecule has 0 saturated carbocycles. The molecule has 5 nitrogen and oxygen atoms in total. The van der Waals surface area contributed by atoms with Gasteiger partial charge in [0.2, 0.25) is 0 Å². The first-order valence-electron chi connectivity index (χ1n) is 5.33. The van der Waals surface area contributed by atoms with Gasteiger partial charge in [-0.05, 0) is 20.3 Å². The fourth-order valence-corrected chi connectivity index (χ4v) is 1.38. The van der Waals surface area contributed by atoms with Crippen molar-refractivity contribution in [2.24, 2.45) is 0 Å². The first-order chi connectivity index (χ1) is 7.58. The molecule has 0 radical (unpaired) electrons. The SMILES string of the molecule is C=CCC(C)NC(=O)c1nn(CC)cc1N. The predicted octanol–water partition coefficient (Wildman–Crippen LogP) is 1.18. The van der Waals surface area contributed by atoms with E-state index in [-0.39, 0.29) is 17.6 Å². The number of anilines is 1. The van der Waals surface area contributed by atoms with Crippen molar-refractivity contribution in [2.75, 3.05) is 5.73 Å². The minimum atomic E-state index is -0.237. The fraction of sp³-hybridized carbons (Fsp3) is 0.455. The van der Waals surface area contributed by atoms with Gasteiger partial charge in [-0.25, -0.2) is 0 Å². The maximum Gasteiger partial charge on any atom is 0.274 e. The Labute approximate surface area is 95.3 Å². The van der Waals surface area contributed by atoms with Crippen molar-refractivity contribution in [2.45, 2.75) is 32.9 Å². The molecule has 0 saturated heterocycles. The number of aromatic nitrogens is 2. The third-order valence-electron chi connectivity index (χ3n) is 2.23. The van der Waals surface area contributed by atoms with Gasteiger partial charge in [0.1, 0.15) is 0 Å². The van der Waals surface area contributed by atoms with Crippen molar-refractivity contribution in [3.8, 4) is 0 Å². The van der Waals surface area contributed by atoms with E-state index in [1.54, 1.807) is 17.0 Å². The minimum Gasteiger partial charge on any atom is -0.396 e. The van der Waals surface area contributed by atoms with Crippen LogP contribution in [0, 0.1) is 0 Å². The van der Waals surface area contributed by atoms with Crippen LogP contribution in [-0.4, -0.2) is 21.7 Å². The minimum absolute atomic E-state index is 0.0381. The molecule has 0 aromatic carbocycles. The third kappa shape index (κ3) is 2.85. The number of hydrogen-bond donors (Lipinski definition) is 2. The topological polar surface area (TPSA) is 72.9 Å². The standard InChI is InChI=1S/C11H18N4O/c1-4-6-8(3)13-11(16)10-9(12)7-15(5-2)14-10/h4,7-8H,1,5-6,12H2,2-3H3,(H,13,16). The second-order valence-electron chi connectivity index (χ2n) is 3.69. The van der Waals surface area contributed by atoms with E-state index in [1.807, 2.05) is 13.8 Å². The van der Waals surface area contributed by atoms with Crippen LogP contribution in [0.25, 0.3) is 0 Å². The molecular weight excluding hydrogens is 204 g/mol. The van der Waals surface area contributed by atoms with Gasteiger partial charge in [-0.2, -0.15) is 5.10 Å². The van der Waals surface area contributed by atoms with E-state index >= 15 is 0 Å². The van der Waals surface area contributed by atoms with Gasteiger partial charge in [-0.1, -0.05) is 6.08 Å². The van der Waals surface area contributed by atoms with Crippen molar-refractivity contribution in [1.82, 2.24) is 15.1 Å². The molecule has 0 fully saturated rings. The summed E-state index contributed by atoms with van der Waals surface area (Å²) in [5.74, 6) is -0.237. The molecule has 1 atom stereocenters. The van der Waals surface area contributed by atoms with E-state index in [0.717, 1.165) is 6.42 Å². The van der Waals surface area contributed by atoms with Gasteiger partial charge in [0.25, 0.3) is 5.91 Å². The highest BCUT2D eigenvalue weighted by Crippen LogP contribution is 2.09. The second-order valence-corrected chi connectivity index (χ2v) is 3.69. The molecule has 3 N–H and O–H groups in total. The summed E-state index contributed by atoms with van der Waals surface area (Å²) >= 11 is 0. The van der Waals surface area contributed by atoms with Crippen molar-refractivity contribution in [3.05, 3.63) is 24.5 Å². The van der Waals surface area contributed by atoms with Crippen molar-refractivity contribution < 1.29 is 4.79 Å². The normalized spacial score (nSPS) is 12.1. The van der Waals surface area contributed by atoms with Crippen LogP contribution in [-0.2, 0) is 6.54 Å². The van der Waals surface area contributed by atoms with E-state index in [9.17, 15) is 4.79 Å². The van der Waals surface area contributed by atoms with Gasteiger partial charge < -0.3 is 11.1 Å². The Hall–Kier alpha value is -1.78. The lowest BCUT2D eigenvalue weighted by atomic mass is 10.2. The Morgan fingerprint density at radius 2 is 2.50 bits per heavy atom. The number of hydrogen-bond acceptors (Lipinski definition) is 3. The van der Waals surface area contributed by atoms with Crippen LogP contribution < -0.4 is 11.1 Å². The molecule has 0 aliphatic carbocycles. The predicted molar refractivity (Wildman–Crippen MR) is 64.1 cm³/mol. The molecule has 1 rings (SSSR count). The Morgan fingerprint density at radius 3 is 3.00 bits per heavy atom. The van der Waals surface area contributed by atoms with Gasteiger partial charge in [0.15, 0.2) is 5.69 Å². The number of rotatable bonds is 5. The zero-order valence-corrected chi connectivity index (χ0v) is 9.73. The Balaban J connectivity index is 2.72. The number of carbonyl (C=O) groups excluding carboxylic acids is 1. The number of amides is 1. The van der Waals surface area contributed by atoms with E-state index in [0.29, 0.717) is 12.2 Å². The summed E-state index contributed by atoms with van der Waals surface area (Å²) in [6, 6.07) is 0.0381. The number of nitrogens with one attached hydrogen (secondary N) is 1. The molecule has 1 aromatic rings. The zero-order valence-electron chi connectivity index (χ0n) is 9.73. The number of carbonyl (C=O) groups is 1. The molecule has 1 amide bonds. The zero-order chi connectivity index (χ0) is 12.1. The molecular formula is C11H18N4O. The monoisotopic (exact) mass is 222 g/mol. The summed E-state index contributed by atoms with van der Waals surface area (Å²) in [4.78, 5) is 11.8. The lowest BCUT2D eigenvalue weighted by Gasteiger charge is -2.10. The highest BCUT2D eigenvalue weighted by molar-refractivity contribution is 5.97. The first kappa shape index (κ1) is 12.3. The number of nitrogens with two attached hydrogens (primary N) is 1. The molecule has 88 valence electrons.